The number of hydrogen-bond donors (Lipinski definition) is 1. The van der Waals surface area contributed by atoms with Crippen LogP contribution in [0.3, 0.4) is 0 Å². The minimum Gasteiger partial charge on any atom is -0.354 e. The third-order valence-corrected chi connectivity index (χ3v) is 4.32. The predicted octanol–water partition coefficient (Wildman–Crippen LogP) is 1.73. The number of nitriles is 1. The molecule has 0 radical (unpaired) electrons. The van der Waals surface area contributed by atoms with Gasteiger partial charge in [-0.25, -0.2) is 9.97 Å². The van der Waals surface area contributed by atoms with Crippen LogP contribution in [0.15, 0.2) is 12.4 Å². The third-order valence-electron chi connectivity index (χ3n) is 4.32. The highest BCUT2D eigenvalue weighted by Crippen LogP contribution is 2.23. The van der Waals surface area contributed by atoms with Gasteiger partial charge in [0.1, 0.15) is 6.07 Å². The number of anilines is 1. The van der Waals surface area contributed by atoms with Crippen LogP contribution in [0.25, 0.3) is 0 Å². The highest BCUT2D eigenvalue weighted by atomic mass is 16.1. The van der Waals surface area contributed by atoms with E-state index in [-0.39, 0.29) is 17.9 Å². The second kappa shape index (κ2) is 7.21. The van der Waals surface area contributed by atoms with E-state index < -0.39 is 0 Å². The topological polar surface area (TPSA) is 81.9 Å². The van der Waals surface area contributed by atoms with Gasteiger partial charge >= 0.3 is 0 Å². The van der Waals surface area contributed by atoms with Crippen molar-refractivity contribution in [2.75, 3.05) is 18.0 Å². The summed E-state index contributed by atoms with van der Waals surface area (Å²) in [5.41, 5.74) is 0.346. The SMILES string of the molecule is CC(C)C(C)NC(=O)C1CCN(c2nccnc2C#N)CC1. The van der Waals surface area contributed by atoms with Crippen molar-refractivity contribution in [2.24, 2.45) is 11.8 Å². The number of amides is 1. The molecule has 2 heterocycles. The molecule has 6 nitrogen and oxygen atoms in total. The molecule has 6 heteroatoms. The number of aromatic nitrogens is 2. The van der Waals surface area contributed by atoms with Gasteiger partial charge < -0.3 is 10.2 Å². The van der Waals surface area contributed by atoms with Crippen molar-refractivity contribution in [3.8, 4) is 6.07 Å². The summed E-state index contributed by atoms with van der Waals surface area (Å²) in [5, 5.41) is 12.2. The van der Waals surface area contributed by atoms with Gasteiger partial charge in [0.15, 0.2) is 11.5 Å². The second-order valence-electron chi connectivity index (χ2n) is 6.14. The average molecular weight is 301 g/mol. The van der Waals surface area contributed by atoms with Crippen LogP contribution >= 0.6 is 0 Å². The van der Waals surface area contributed by atoms with Crippen molar-refractivity contribution in [3.05, 3.63) is 18.1 Å². The Kier molecular flexibility index (Phi) is 5.31. The first kappa shape index (κ1) is 16.2. The number of nitrogens with zero attached hydrogens (tertiary/aromatic N) is 4. The zero-order chi connectivity index (χ0) is 16.1. The zero-order valence-corrected chi connectivity index (χ0v) is 13.4. The van der Waals surface area contributed by atoms with Crippen LogP contribution in [0.5, 0.6) is 0 Å². The van der Waals surface area contributed by atoms with Gasteiger partial charge in [0.2, 0.25) is 5.91 Å². The molecule has 0 aliphatic carbocycles. The molecule has 0 aromatic carbocycles. The molecule has 0 bridgehead atoms. The summed E-state index contributed by atoms with van der Waals surface area (Å²) in [6, 6.07) is 2.26. The average Bonchev–Trinajstić information content (AvgIpc) is 2.54. The maximum Gasteiger partial charge on any atom is 0.223 e. The Morgan fingerprint density at radius 3 is 2.55 bits per heavy atom. The molecule has 1 amide bonds. The molecular weight excluding hydrogens is 278 g/mol. The van der Waals surface area contributed by atoms with E-state index in [4.69, 9.17) is 5.26 Å². The molecule has 2 rings (SSSR count). The molecule has 1 N–H and O–H groups in total. The first-order valence-corrected chi connectivity index (χ1v) is 7.79. The molecule has 1 aromatic rings. The number of rotatable bonds is 4. The number of carbonyl (C=O) groups is 1. The number of nitrogens with one attached hydrogen (secondary N) is 1. The summed E-state index contributed by atoms with van der Waals surface area (Å²) >= 11 is 0. The highest BCUT2D eigenvalue weighted by Gasteiger charge is 2.27. The fourth-order valence-electron chi connectivity index (χ4n) is 2.50. The Morgan fingerprint density at radius 1 is 1.32 bits per heavy atom. The first-order valence-electron chi connectivity index (χ1n) is 7.79. The fourth-order valence-corrected chi connectivity index (χ4v) is 2.50. The Bertz CT molecular complexity index is 558. The zero-order valence-electron chi connectivity index (χ0n) is 13.4. The lowest BCUT2D eigenvalue weighted by Gasteiger charge is -2.33. The molecule has 1 atom stereocenters. The van der Waals surface area contributed by atoms with Crippen LogP contribution < -0.4 is 10.2 Å². The smallest absolute Gasteiger partial charge is 0.223 e. The molecule has 22 heavy (non-hydrogen) atoms. The van der Waals surface area contributed by atoms with E-state index in [0.29, 0.717) is 17.4 Å². The van der Waals surface area contributed by atoms with Crippen LogP contribution in [0.1, 0.15) is 39.3 Å². The van der Waals surface area contributed by atoms with Crippen molar-refractivity contribution >= 4 is 11.7 Å². The Morgan fingerprint density at radius 2 is 1.95 bits per heavy atom. The lowest BCUT2D eigenvalue weighted by atomic mass is 9.94. The van der Waals surface area contributed by atoms with Gasteiger partial charge in [-0.15, -0.1) is 0 Å². The minimum absolute atomic E-state index is 0.0413. The van der Waals surface area contributed by atoms with E-state index in [1.54, 1.807) is 6.20 Å². The van der Waals surface area contributed by atoms with E-state index in [2.05, 4.69) is 35.2 Å². The lowest BCUT2D eigenvalue weighted by Crippen LogP contribution is -2.44. The number of carbonyl (C=O) groups excluding carboxylic acids is 1. The van der Waals surface area contributed by atoms with E-state index in [1.807, 2.05) is 11.8 Å². The number of hydrogen-bond acceptors (Lipinski definition) is 5. The molecule has 1 unspecified atom stereocenters. The van der Waals surface area contributed by atoms with Crippen molar-refractivity contribution in [1.29, 1.82) is 5.26 Å². The third kappa shape index (κ3) is 3.73. The van der Waals surface area contributed by atoms with E-state index in [1.165, 1.54) is 6.20 Å². The summed E-state index contributed by atoms with van der Waals surface area (Å²) in [7, 11) is 0. The van der Waals surface area contributed by atoms with Gasteiger partial charge in [-0.2, -0.15) is 5.26 Å². The van der Waals surface area contributed by atoms with E-state index in [0.717, 1.165) is 25.9 Å². The van der Waals surface area contributed by atoms with Crippen molar-refractivity contribution in [1.82, 2.24) is 15.3 Å². The predicted molar refractivity (Wildman–Crippen MR) is 84.1 cm³/mol. The Labute approximate surface area is 131 Å². The molecule has 0 saturated carbocycles. The summed E-state index contributed by atoms with van der Waals surface area (Å²) in [4.78, 5) is 22.6. The van der Waals surface area contributed by atoms with Crippen LogP contribution in [0.2, 0.25) is 0 Å². The Hall–Kier alpha value is -2.16. The summed E-state index contributed by atoms with van der Waals surface area (Å²) in [6.45, 7) is 7.69. The largest absolute Gasteiger partial charge is 0.354 e. The molecule has 1 saturated heterocycles. The van der Waals surface area contributed by atoms with Crippen LogP contribution in [-0.4, -0.2) is 35.0 Å². The molecule has 118 valence electrons. The Balaban J connectivity index is 1.93. The quantitative estimate of drug-likeness (QED) is 0.915. The minimum atomic E-state index is 0.0413. The summed E-state index contributed by atoms with van der Waals surface area (Å²) < 4.78 is 0. The van der Waals surface area contributed by atoms with Gasteiger partial charge in [-0.05, 0) is 25.7 Å². The van der Waals surface area contributed by atoms with E-state index in [9.17, 15) is 4.79 Å². The van der Waals surface area contributed by atoms with Gasteiger partial charge in [-0.3, -0.25) is 4.79 Å². The van der Waals surface area contributed by atoms with Crippen molar-refractivity contribution in [2.45, 2.75) is 39.7 Å². The molecule has 1 aliphatic heterocycles. The summed E-state index contributed by atoms with van der Waals surface area (Å²) in [6.07, 6.45) is 4.67. The van der Waals surface area contributed by atoms with Crippen molar-refractivity contribution < 1.29 is 4.79 Å². The van der Waals surface area contributed by atoms with Gasteiger partial charge in [0, 0.05) is 37.4 Å². The van der Waals surface area contributed by atoms with E-state index >= 15 is 0 Å². The van der Waals surface area contributed by atoms with Crippen LogP contribution in [0.4, 0.5) is 5.82 Å². The van der Waals surface area contributed by atoms with Crippen molar-refractivity contribution in [3.63, 3.8) is 0 Å². The van der Waals surface area contributed by atoms with Crippen LogP contribution in [0, 0.1) is 23.2 Å². The highest BCUT2D eigenvalue weighted by molar-refractivity contribution is 5.79. The molecular formula is C16H23N5O. The molecule has 1 fully saturated rings. The monoisotopic (exact) mass is 301 g/mol. The maximum atomic E-state index is 12.3. The van der Waals surface area contributed by atoms with Gasteiger partial charge in [0.05, 0.1) is 0 Å². The fraction of sp³-hybridized carbons (Fsp3) is 0.625. The summed E-state index contributed by atoms with van der Waals surface area (Å²) in [5.74, 6) is 1.24. The normalized spacial score (nSPS) is 17.1. The standard InChI is InChI=1S/C16H23N5O/c1-11(2)12(3)20-16(22)13-4-8-21(9-5-13)15-14(10-17)18-6-7-19-15/h6-7,11-13H,4-5,8-9H2,1-3H3,(H,20,22). The molecule has 1 aliphatic rings. The maximum absolute atomic E-state index is 12.3. The molecule has 1 aromatic heterocycles. The lowest BCUT2D eigenvalue weighted by molar-refractivity contribution is -0.126. The first-order chi connectivity index (χ1) is 10.5. The second-order valence-corrected chi connectivity index (χ2v) is 6.14. The van der Waals surface area contributed by atoms with Gasteiger partial charge in [0.25, 0.3) is 0 Å². The number of piperidine rings is 1. The van der Waals surface area contributed by atoms with Gasteiger partial charge in [-0.1, -0.05) is 13.8 Å². The molecule has 0 spiro atoms. The van der Waals surface area contributed by atoms with Crippen LogP contribution in [-0.2, 0) is 4.79 Å².